The number of ether oxygens (including phenoxy) is 1. The number of nitrogens with one attached hydrogen (secondary N) is 1. The van der Waals surface area contributed by atoms with Gasteiger partial charge >= 0.3 is 5.97 Å². The van der Waals surface area contributed by atoms with E-state index in [1.54, 1.807) is 6.07 Å². The molecule has 0 bridgehead atoms. The minimum absolute atomic E-state index is 0.00109. The maximum Gasteiger partial charge on any atom is 0.341 e. The van der Waals surface area contributed by atoms with Gasteiger partial charge in [-0.05, 0) is 31.2 Å². The molecule has 0 saturated heterocycles. The molecule has 24 heavy (non-hydrogen) atoms. The molecule has 0 unspecified atom stereocenters. The maximum atomic E-state index is 12.3. The third-order valence-corrected chi connectivity index (χ3v) is 5.98. The monoisotopic (exact) mass is 388 g/mol. The number of primary amides is 1. The van der Waals surface area contributed by atoms with Gasteiger partial charge in [-0.2, -0.15) is 0 Å². The van der Waals surface area contributed by atoms with Gasteiger partial charge in [0, 0.05) is 0 Å². The van der Waals surface area contributed by atoms with E-state index >= 15 is 0 Å². The first-order valence-corrected chi connectivity index (χ1v) is 9.26. The Bertz CT molecular complexity index is 879. The first-order chi connectivity index (χ1) is 11.2. The van der Waals surface area contributed by atoms with Gasteiger partial charge in [-0.15, -0.1) is 11.3 Å². The minimum Gasteiger partial charge on any atom is -0.449 e. The number of carbonyl (C=O) groups excluding carboxylic acids is 2. The molecular weight excluding hydrogens is 376 g/mol. The summed E-state index contributed by atoms with van der Waals surface area (Å²) in [5, 5.41) is 0. The summed E-state index contributed by atoms with van der Waals surface area (Å²) in [6, 6.07) is 8.66. The van der Waals surface area contributed by atoms with E-state index in [-0.39, 0.29) is 15.5 Å². The SMILES string of the molecule is C[C@H](OC(=O)c1ccccc1NS(=O)(=O)c1ccc(Cl)s1)C(N)=O. The highest BCUT2D eigenvalue weighted by atomic mass is 35.5. The molecule has 0 aliphatic heterocycles. The highest BCUT2D eigenvalue weighted by Gasteiger charge is 2.22. The lowest BCUT2D eigenvalue weighted by molar-refractivity contribution is -0.125. The highest BCUT2D eigenvalue weighted by Crippen LogP contribution is 2.28. The average molecular weight is 389 g/mol. The minimum atomic E-state index is -3.91. The summed E-state index contributed by atoms with van der Waals surface area (Å²) < 4.78 is 32.2. The fraction of sp³-hybridized carbons (Fsp3) is 0.143. The maximum absolute atomic E-state index is 12.3. The van der Waals surface area contributed by atoms with E-state index in [0.29, 0.717) is 4.34 Å². The molecule has 1 amide bonds. The number of hydrogen-bond donors (Lipinski definition) is 2. The first kappa shape index (κ1) is 18.2. The van der Waals surface area contributed by atoms with Crippen LogP contribution in [0.15, 0.2) is 40.6 Å². The molecule has 2 rings (SSSR count). The Morgan fingerprint density at radius 2 is 1.92 bits per heavy atom. The van der Waals surface area contributed by atoms with Gasteiger partial charge in [0.25, 0.3) is 15.9 Å². The zero-order valence-electron chi connectivity index (χ0n) is 12.4. The van der Waals surface area contributed by atoms with E-state index in [1.807, 2.05) is 0 Å². The number of thiophene rings is 1. The van der Waals surface area contributed by atoms with Crippen LogP contribution in [0, 0.1) is 0 Å². The van der Waals surface area contributed by atoms with E-state index in [4.69, 9.17) is 22.1 Å². The molecule has 1 aromatic heterocycles. The summed E-state index contributed by atoms with van der Waals surface area (Å²) >= 11 is 6.63. The van der Waals surface area contributed by atoms with Crippen molar-refractivity contribution in [1.29, 1.82) is 0 Å². The van der Waals surface area contributed by atoms with Gasteiger partial charge in [0.1, 0.15) is 4.21 Å². The third-order valence-electron chi connectivity index (χ3n) is 2.89. The molecule has 1 aromatic carbocycles. The molecule has 128 valence electrons. The number of esters is 1. The largest absolute Gasteiger partial charge is 0.449 e. The van der Waals surface area contributed by atoms with E-state index in [1.165, 1.54) is 37.3 Å². The van der Waals surface area contributed by atoms with Crippen molar-refractivity contribution in [2.24, 2.45) is 5.73 Å². The van der Waals surface area contributed by atoms with Crippen molar-refractivity contribution in [3.8, 4) is 0 Å². The van der Waals surface area contributed by atoms with Crippen LogP contribution in [-0.4, -0.2) is 26.4 Å². The molecule has 0 aliphatic rings. The van der Waals surface area contributed by atoms with Gasteiger partial charge in [-0.3, -0.25) is 9.52 Å². The topological polar surface area (TPSA) is 116 Å². The lowest BCUT2D eigenvalue weighted by atomic mass is 10.2. The second-order valence-electron chi connectivity index (χ2n) is 4.66. The summed E-state index contributed by atoms with van der Waals surface area (Å²) in [7, 11) is -3.91. The molecule has 10 heteroatoms. The summed E-state index contributed by atoms with van der Waals surface area (Å²) in [6.45, 7) is 1.32. The van der Waals surface area contributed by atoms with Crippen molar-refractivity contribution in [2.45, 2.75) is 17.2 Å². The molecule has 0 aliphatic carbocycles. The fourth-order valence-electron chi connectivity index (χ4n) is 1.67. The Kier molecular flexibility index (Phi) is 5.47. The Morgan fingerprint density at radius 3 is 2.50 bits per heavy atom. The number of halogens is 1. The van der Waals surface area contributed by atoms with Crippen molar-refractivity contribution in [3.05, 3.63) is 46.3 Å². The zero-order valence-corrected chi connectivity index (χ0v) is 14.7. The molecule has 0 fully saturated rings. The Labute approximate surface area is 147 Å². The first-order valence-electron chi connectivity index (χ1n) is 6.58. The van der Waals surface area contributed by atoms with Gasteiger partial charge in [0.15, 0.2) is 6.10 Å². The lowest BCUT2D eigenvalue weighted by Crippen LogP contribution is -2.30. The molecule has 2 aromatic rings. The number of nitrogens with two attached hydrogens (primary N) is 1. The van der Waals surface area contributed by atoms with Crippen LogP contribution in [0.5, 0.6) is 0 Å². The smallest absolute Gasteiger partial charge is 0.341 e. The molecule has 0 spiro atoms. The summed E-state index contributed by atoms with van der Waals surface area (Å²) in [6.07, 6.45) is -1.14. The number of carbonyl (C=O) groups is 2. The standard InChI is InChI=1S/C14H13ClN2O5S2/c1-8(13(16)18)22-14(19)9-4-2-3-5-10(9)17-24(20,21)12-7-6-11(15)23-12/h2-8,17H,1H3,(H2,16,18)/t8-/m0/s1. The summed E-state index contributed by atoms with van der Waals surface area (Å²) in [4.78, 5) is 23.1. The van der Waals surface area contributed by atoms with Crippen LogP contribution in [0.3, 0.4) is 0 Å². The van der Waals surface area contributed by atoms with Crippen LogP contribution >= 0.6 is 22.9 Å². The molecule has 0 saturated carbocycles. The predicted molar refractivity (Wildman–Crippen MR) is 90.7 cm³/mol. The molecular formula is C14H13ClN2O5S2. The molecule has 7 nitrogen and oxygen atoms in total. The van der Waals surface area contributed by atoms with E-state index in [2.05, 4.69) is 4.72 Å². The van der Waals surface area contributed by atoms with Crippen LogP contribution in [0.1, 0.15) is 17.3 Å². The molecule has 1 atom stereocenters. The number of hydrogen-bond acceptors (Lipinski definition) is 6. The summed E-state index contributed by atoms with van der Waals surface area (Å²) in [5.41, 5.74) is 5.01. The van der Waals surface area contributed by atoms with Gasteiger partial charge in [0.05, 0.1) is 15.6 Å². The summed E-state index contributed by atoms with van der Waals surface area (Å²) in [5.74, 6) is -1.68. The number of anilines is 1. The average Bonchev–Trinajstić information content (AvgIpc) is 2.94. The van der Waals surface area contributed by atoms with Crippen molar-refractivity contribution in [2.75, 3.05) is 4.72 Å². The number of para-hydroxylation sites is 1. The van der Waals surface area contributed by atoms with E-state index < -0.39 is 28.0 Å². The van der Waals surface area contributed by atoms with Crippen LogP contribution < -0.4 is 10.5 Å². The second-order valence-corrected chi connectivity index (χ2v) is 8.28. The molecule has 0 radical (unpaired) electrons. The lowest BCUT2D eigenvalue weighted by Gasteiger charge is -2.13. The quantitative estimate of drug-likeness (QED) is 0.736. The van der Waals surface area contributed by atoms with Crippen LogP contribution in [0.25, 0.3) is 0 Å². The number of rotatable bonds is 6. The Morgan fingerprint density at radius 1 is 1.25 bits per heavy atom. The predicted octanol–water partition coefficient (Wildman–Crippen LogP) is 2.23. The van der Waals surface area contributed by atoms with Crippen molar-refractivity contribution >= 4 is 50.5 Å². The zero-order chi connectivity index (χ0) is 17.9. The third kappa shape index (κ3) is 4.25. The number of sulfonamides is 1. The highest BCUT2D eigenvalue weighted by molar-refractivity contribution is 7.94. The Hall–Kier alpha value is -2.10. The van der Waals surface area contributed by atoms with Gasteiger partial charge in [0.2, 0.25) is 0 Å². The van der Waals surface area contributed by atoms with Gasteiger partial charge in [-0.25, -0.2) is 13.2 Å². The molecule has 1 heterocycles. The van der Waals surface area contributed by atoms with Gasteiger partial charge in [-0.1, -0.05) is 23.7 Å². The number of amides is 1. The van der Waals surface area contributed by atoms with Crippen LogP contribution in [-0.2, 0) is 19.6 Å². The van der Waals surface area contributed by atoms with Crippen molar-refractivity contribution in [1.82, 2.24) is 0 Å². The van der Waals surface area contributed by atoms with Crippen LogP contribution in [0.2, 0.25) is 4.34 Å². The number of benzene rings is 1. The fourth-order valence-corrected chi connectivity index (χ4v) is 4.23. The molecule has 3 N–H and O–H groups in total. The van der Waals surface area contributed by atoms with Crippen LogP contribution in [0.4, 0.5) is 5.69 Å². The Balaban J connectivity index is 2.29. The van der Waals surface area contributed by atoms with Crippen molar-refractivity contribution < 1.29 is 22.7 Å². The normalized spacial score (nSPS) is 12.4. The van der Waals surface area contributed by atoms with E-state index in [9.17, 15) is 18.0 Å². The van der Waals surface area contributed by atoms with E-state index in [0.717, 1.165) is 11.3 Å². The van der Waals surface area contributed by atoms with Crippen molar-refractivity contribution in [3.63, 3.8) is 0 Å². The van der Waals surface area contributed by atoms with Gasteiger partial charge < -0.3 is 10.5 Å². The second kappa shape index (κ2) is 7.20.